The maximum absolute atomic E-state index is 12.4. The third-order valence-electron chi connectivity index (χ3n) is 5.25. The predicted octanol–water partition coefficient (Wildman–Crippen LogP) is 1.26. The Hall–Kier alpha value is -2.74. The number of aromatic amines is 2. The molecule has 0 spiro atoms. The lowest BCUT2D eigenvalue weighted by atomic mass is 9.95. The van der Waals surface area contributed by atoms with Crippen LogP contribution in [-0.2, 0) is 32.2 Å². The molecule has 3 aromatic heterocycles. The number of hydrogen-bond donors (Lipinski definition) is 3. The van der Waals surface area contributed by atoms with Gasteiger partial charge in [0.15, 0.2) is 0 Å². The largest absolute Gasteiger partial charge is 0.339 e. The summed E-state index contributed by atoms with van der Waals surface area (Å²) in [6.45, 7) is 1.62. The quantitative estimate of drug-likeness (QED) is 0.654. The Morgan fingerprint density at radius 2 is 2.08 bits per heavy atom. The Morgan fingerprint density at radius 3 is 3.04 bits per heavy atom. The highest BCUT2D eigenvalue weighted by atomic mass is 16.5. The Morgan fingerprint density at radius 1 is 1.15 bits per heavy atom. The van der Waals surface area contributed by atoms with E-state index in [0.717, 1.165) is 49.3 Å². The zero-order chi connectivity index (χ0) is 17.5. The van der Waals surface area contributed by atoms with Crippen molar-refractivity contribution < 1.29 is 4.52 Å². The van der Waals surface area contributed by atoms with E-state index < -0.39 is 0 Å². The van der Waals surface area contributed by atoms with Gasteiger partial charge in [0, 0.05) is 30.9 Å². The highest BCUT2D eigenvalue weighted by Gasteiger charge is 2.21. The first-order chi connectivity index (χ1) is 12.8. The minimum Gasteiger partial charge on any atom is -0.339 e. The first-order valence-electron chi connectivity index (χ1n) is 9.11. The van der Waals surface area contributed by atoms with Crippen LogP contribution in [0.3, 0.4) is 0 Å². The van der Waals surface area contributed by atoms with Gasteiger partial charge in [0.1, 0.15) is 0 Å². The number of fused-ring (bicyclic) bond motifs is 2. The average Bonchev–Trinajstić information content (AvgIpc) is 3.29. The fraction of sp³-hybridized carbons (Fsp3) is 0.444. The Bertz CT molecular complexity index is 1020. The second kappa shape index (κ2) is 6.21. The lowest BCUT2D eigenvalue weighted by Crippen LogP contribution is -2.27. The van der Waals surface area contributed by atoms with Crippen LogP contribution in [0.25, 0.3) is 11.4 Å². The molecule has 8 nitrogen and oxygen atoms in total. The smallest absolute Gasteiger partial charge is 0.259 e. The lowest BCUT2D eigenvalue weighted by Gasteiger charge is -2.16. The maximum atomic E-state index is 12.4. The van der Waals surface area contributed by atoms with E-state index in [1.807, 2.05) is 6.07 Å². The molecule has 0 saturated carbocycles. The number of nitrogens with zero attached hydrogens (tertiary/aromatic N) is 3. The molecule has 0 atom stereocenters. The van der Waals surface area contributed by atoms with Gasteiger partial charge in [-0.1, -0.05) is 5.16 Å². The summed E-state index contributed by atoms with van der Waals surface area (Å²) in [5, 5.41) is 14.9. The fourth-order valence-corrected chi connectivity index (χ4v) is 3.87. The summed E-state index contributed by atoms with van der Waals surface area (Å²) in [4.78, 5) is 19.8. The number of rotatable bonds is 3. The van der Waals surface area contributed by atoms with Crippen LogP contribution in [-0.4, -0.2) is 31.9 Å². The summed E-state index contributed by atoms with van der Waals surface area (Å²) in [6.07, 6.45) is 5.80. The number of nitrogens with one attached hydrogen (secondary N) is 3. The van der Waals surface area contributed by atoms with Crippen molar-refractivity contribution in [3.8, 4) is 11.4 Å². The van der Waals surface area contributed by atoms with Crippen LogP contribution in [0.2, 0.25) is 0 Å². The van der Waals surface area contributed by atoms with Crippen molar-refractivity contribution in [2.75, 3.05) is 6.54 Å². The third-order valence-corrected chi connectivity index (χ3v) is 5.25. The summed E-state index contributed by atoms with van der Waals surface area (Å²) in [5.74, 6) is 0.814. The number of aromatic nitrogens is 5. The second-order valence-electron chi connectivity index (χ2n) is 6.97. The first kappa shape index (κ1) is 15.5. The summed E-state index contributed by atoms with van der Waals surface area (Å²) in [7, 11) is 0. The highest BCUT2D eigenvalue weighted by molar-refractivity contribution is 5.55. The van der Waals surface area contributed by atoms with Crippen molar-refractivity contribution >= 4 is 0 Å². The van der Waals surface area contributed by atoms with E-state index in [-0.39, 0.29) is 5.56 Å². The highest BCUT2D eigenvalue weighted by Crippen LogP contribution is 2.24. The van der Waals surface area contributed by atoms with Gasteiger partial charge in [-0.3, -0.25) is 9.89 Å². The normalized spacial score (nSPS) is 16.3. The molecule has 0 radical (unpaired) electrons. The van der Waals surface area contributed by atoms with Crippen LogP contribution < -0.4 is 10.9 Å². The van der Waals surface area contributed by atoms with Gasteiger partial charge >= 0.3 is 0 Å². The van der Waals surface area contributed by atoms with Gasteiger partial charge in [-0.2, -0.15) is 10.1 Å². The van der Waals surface area contributed by atoms with Crippen LogP contribution in [0.5, 0.6) is 0 Å². The third kappa shape index (κ3) is 2.66. The average molecular weight is 352 g/mol. The maximum Gasteiger partial charge on any atom is 0.259 e. The molecule has 26 heavy (non-hydrogen) atoms. The number of H-pyrrole nitrogens is 2. The molecule has 2 aliphatic rings. The van der Waals surface area contributed by atoms with Crippen molar-refractivity contribution in [3.63, 3.8) is 0 Å². The van der Waals surface area contributed by atoms with Crippen molar-refractivity contribution in [1.82, 2.24) is 30.6 Å². The molecule has 1 aliphatic carbocycles. The zero-order valence-corrected chi connectivity index (χ0v) is 14.4. The molecular weight excluding hydrogens is 332 g/mol. The molecule has 0 unspecified atom stereocenters. The van der Waals surface area contributed by atoms with E-state index in [1.54, 1.807) is 0 Å². The minimum absolute atomic E-state index is 0.171. The van der Waals surface area contributed by atoms with E-state index in [0.29, 0.717) is 23.7 Å². The molecule has 0 amide bonds. The van der Waals surface area contributed by atoms with Crippen molar-refractivity contribution in [3.05, 3.63) is 50.5 Å². The van der Waals surface area contributed by atoms with Gasteiger partial charge in [-0.05, 0) is 42.9 Å². The number of pyridine rings is 1. The molecule has 8 heteroatoms. The van der Waals surface area contributed by atoms with Gasteiger partial charge in [0.25, 0.3) is 5.56 Å². The van der Waals surface area contributed by atoms with Crippen molar-refractivity contribution in [2.24, 2.45) is 0 Å². The van der Waals surface area contributed by atoms with Gasteiger partial charge < -0.3 is 14.8 Å². The Kier molecular flexibility index (Phi) is 3.70. The molecule has 0 aromatic carbocycles. The van der Waals surface area contributed by atoms with E-state index in [2.05, 4.69) is 30.6 Å². The standard InChI is InChI=1S/C18H20N6O2/c25-18-12(7-10-9-19-6-5-13(10)20-18)17-21-16(26-24-17)8-15-11-3-1-2-4-14(11)22-23-15/h7,19H,1-6,8-9H2,(H,20,25)(H,22,23). The second-order valence-corrected chi connectivity index (χ2v) is 6.97. The molecule has 0 saturated heterocycles. The van der Waals surface area contributed by atoms with Gasteiger partial charge in [-0.25, -0.2) is 0 Å². The SMILES string of the molecule is O=c1[nH]c2c(cc1-c1noc(Cc3n[nH]c4c3CCCC4)n1)CNCC2. The molecule has 0 bridgehead atoms. The summed E-state index contributed by atoms with van der Waals surface area (Å²) < 4.78 is 5.40. The van der Waals surface area contributed by atoms with Crippen LogP contribution >= 0.6 is 0 Å². The topological polar surface area (TPSA) is 112 Å². The van der Waals surface area contributed by atoms with E-state index >= 15 is 0 Å². The minimum atomic E-state index is -0.171. The number of aryl methyl sites for hydroxylation is 1. The molecule has 4 heterocycles. The van der Waals surface area contributed by atoms with Gasteiger partial charge in [0.2, 0.25) is 11.7 Å². The van der Waals surface area contributed by atoms with Gasteiger partial charge in [-0.15, -0.1) is 0 Å². The summed E-state index contributed by atoms with van der Waals surface area (Å²) >= 11 is 0. The summed E-state index contributed by atoms with van der Waals surface area (Å²) in [6, 6.07) is 1.87. The van der Waals surface area contributed by atoms with Gasteiger partial charge in [0.05, 0.1) is 17.7 Å². The monoisotopic (exact) mass is 352 g/mol. The lowest BCUT2D eigenvalue weighted by molar-refractivity contribution is 0.384. The van der Waals surface area contributed by atoms with Crippen LogP contribution in [0.15, 0.2) is 15.4 Å². The van der Waals surface area contributed by atoms with Crippen LogP contribution in [0, 0.1) is 0 Å². The molecule has 3 N–H and O–H groups in total. The van der Waals surface area contributed by atoms with Crippen LogP contribution in [0.4, 0.5) is 0 Å². The van der Waals surface area contributed by atoms with Crippen LogP contribution in [0.1, 0.15) is 46.9 Å². The Labute approximate surface area is 149 Å². The van der Waals surface area contributed by atoms with Crippen molar-refractivity contribution in [2.45, 2.75) is 45.1 Å². The first-order valence-corrected chi connectivity index (χ1v) is 9.11. The Balaban J connectivity index is 1.44. The molecule has 1 aliphatic heterocycles. The summed E-state index contributed by atoms with van der Waals surface area (Å²) in [5.41, 5.74) is 5.83. The molecular formula is C18H20N6O2. The zero-order valence-electron chi connectivity index (χ0n) is 14.4. The molecule has 3 aromatic rings. The van der Waals surface area contributed by atoms with E-state index in [4.69, 9.17) is 4.52 Å². The predicted molar refractivity (Wildman–Crippen MR) is 93.8 cm³/mol. The van der Waals surface area contributed by atoms with E-state index in [1.165, 1.54) is 24.1 Å². The molecule has 5 rings (SSSR count). The molecule has 0 fully saturated rings. The molecule has 134 valence electrons. The fourth-order valence-electron chi connectivity index (χ4n) is 3.87. The number of hydrogen-bond acceptors (Lipinski definition) is 6. The van der Waals surface area contributed by atoms with Crippen molar-refractivity contribution in [1.29, 1.82) is 0 Å². The van der Waals surface area contributed by atoms with E-state index in [9.17, 15) is 4.79 Å².